The molecule has 0 aromatic heterocycles. The van der Waals surface area contributed by atoms with Crippen molar-refractivity contribution in [1.82, 2.24) is 0 Å². The topological polar surface area (TPSA) is 36.9 Å². The van der Waals surface area contributed by atoms with Gasteiger partial charge in [-0.3, -0.25) is 0 Å². The maximum absolute atomic E-state index is 5.74. The fraction of sp³-hybridized carbons (Fsp3) is 0.294. The third kappa shape index (κ3) is 3.07. The number of rotatable bonds is 1. The predicted molar refractivity (Wildman–Crippen MR) is 84.2 cm³/mol. The van der Waals surface area contributed by atoms with E-state index in [1.807, 2.05) is 44.2 Å². The Morgan fingerprint density at radius 2 is 1.41 bits per heavy atom. The van der Waals surface area contributed by atoms with Gasteiger partial charge in [0.2, 0.25) is 13.6 Å². The summed E-state index contributed by atoms with van der Waals surface area (Å²) in [5.41, 5.74) is 3.44. The maximum Gasteiger partial charge on any atom is 0.231 e. The molecule has 4 nitrogen and oxygen atoms in total. The van der Waals surface area contributed by atoms with Crippen molar-refractivity contribution >= 4 is 11.6 Å². The monoisotopic (exact) mass is 320 g/mol. The van der Waals surface area contributed by atoms with Crippen molar-refractivity contribution in [2.75, 3.05) is 13.6 Å². The van der Waals surface area contributed by atoms with Crippen LogP contribution in [0.1, 0.15) is 16.7 Å². The lowest BCUT2D eigenvalue weighted by atomic mass is 10.1. The number of hydrogen-bond donors (Lipinski definition) is 0. The van der Waals surface area contributed by atoms with Gasteiger partial charge in [-0.2, -0.15) is 0 Å². The molecule has 0 fully saturated rings. The normalized spacial score (nSPS) is 13.6. The standard InChI is InChI=1S/C9H9ClO2.C8H8O2/c1-6-2-8-9(12-5-11-8)3-7(6)4-10;1-6-2-3-7-8(4-6)10-5-9-7/h2-3H,4-5H2,1H3;2-4H,5H2,1H3. The quantitative estimate of drug-likeness (QED) is 0.738. The molecule has 4 rings (SSSR count). The molecule has 0 saturated heterocycles. The molecule has 0 bridgehead atoms. The summed E-state index contributed by atoms with van der Waals surface area (Å²) in [7, 11) is 0. The van der Waals surface area contributed by atoms with E-state index in [9.17, 15) is 0 Å². The molecule has 116 valence electrons. The van der Waals surface area contributed by atoms with Crippen molar-refractivity contribution < 1.29 is 18.9 Å². The summed E-state index contributed by atoms with van der Waals surface area (Å²) < 4.78 is 20.7. The molecule has 0 atom stereocenters. The fourth-order valence-electron chi connectivity index (χ4n) is 2.23. The van der Waals surface area contributed by atoms with Gasteiger partial charge in [0.15, 0.2) is 23.0 Å². The van der Waals surface area contributed by atoms with Crippen molar-refractivity contribution in [3.05, 3.63) is 47.0 Å². The van der Waals surface area contributed by atoms with Crippen LogP contribution in [0.4, 0.5) is 0 Å². The fourth-order valence-corrected chi connectivity index (χ4v) is 2.52. The molecule has 2 aliphatic rings. The van der Waals surface area contributed by atoms with Gasteiger partial charge >= 0.3 is 0 Å². The molecule has 5 heteroatoms. The number of alkyl halides is 1. The molecule has 0 amide bonds. The Kier molecular flexibility index (Phi) is 4.29. The van der Waals surface area contributed by atoms with Crippen LogP contribution in [0, 0.1) is 13.8 Å². The SMILES string of the molecule is Cc1cc2c(cc1CCl)OCO2.Cc1ccc2c(c1)OCO2. The van der Waals surface area contributed by atoms with Crippen molar-refractivity contribution in [2.24, 2.45) is 0 Å². The van der Waals surface area contributed by atoms with Crippen LogP contribution in [-0.4, -0.2) is 13.6 Å². The highest BCUT2D eigenvalue weighted by Gasteiger charge is 2.14. The third-order valence-electron chi connectivity index (χ3n) is 3.50. The molecular weight excluding hydrogens is 304 g/mol. The minimum atomic E-state index is 0.320. The molecule has 0 unspecified atom stereocenters. The van der Waals surface area contributed by atoms with E-state index in [0.29, 0.717) is 19.5 Å². The van der Waals surface area contributed by atoms with Crippen LogP contribution in [0.25, 0.3) is 0 Å². The van der Waals surface area contributed by atoms with E-state index < -0.39 is 0 Å². The van der Waals surface area contributed by atoms with Gasteiger partial charge in [-0.15, -0.1) is 11.6 Å². The number of ether oxygens (including phenoxy) is 4. The average Bonchev–Trinajstić information content (AvgIpc) is 3.14. The Balaban J connectivity index is 0.000000133. The maximum atomic E-state index is 5.74. The summed E-state index contributed by atoms with van der Waals surface area (Å²) in [4.78, 5) is 0. The first-order valence-corrected chi connectivity index (χ1v) is 7.52. The number of hydrogen-bond acceptors (Lipinski definition) is 4. The molecule has 0 aliphatic carbocycles. The van der Waals surface area contributed by atoms with E-state index >= 15 is 0 Å². The van der Waals surface area contributed by atoms with Crippen LogP contribution in [0.15, 0.2) is 30.3 Å². The van der Waals surface area contributed by atoms with E-state index in [0.717, 1.165) is 34.1 Å². The Morgan fingerprint density at radius 3 is 2.09 bits per heavy atom. The molecule has 22 heavy (non-hydrogen) atoms. The molecule has 0 spiro atoms. The van der Waals surface area contributed by atoms with E-state index in [1.165, 1.54) is 5.56 Å². The van der Waals surface area contributed by atoms with E-state index in [4.69, 9.17) is 30.5 Å². The van der Waals surface area contributed by atoms with Crippen molar-refractivity contribution in [2.45, 2.75) is 19.7 Å². The molecule has 0 saturated carbocycles. The highest BCUT2D eigenvalue weighted by atomic mass is 35.5. The molecule has 2 aromatic rings. The summed E-state index contributed by atoms with van der Waals surface area (Å²) in [6.07, 6.45) is 0. The molecule has 2 aromatic carbocycles. The summed E-state index contributed by atoms with van der Waals surface area (Å²) in [5, 5.41) is 0. The van der Waals surface area contributed by atoms with Crippen LogP contribution >= 0.6 is 11.6 Å². The lowest BCUT2D eigenvalue weighted by Crippen LogP contribution is -1.92. The van der Waals surface area contributed by atoms with E-state index in [2.05, 4.69) is 0 Å². The van der Waals surface area contributed by atoms with Crippen molar-refractivity contribution in [3.8, 4) is 23.0 Å². The summed E-state index contributed by atoms with van der Waals surface area (Å²) >= 11 is 5.74. The largest absolute Gasteiger partial charge is 0.454 e. The number of benzene rings is 2. The molecule has 0 radical (unpaired) electrons. The van der Waals surface area contributed by atoms with Crippen molar-refractivity contribution in [1.29, 1.82) is 0 Å². The minimum Gasteiger partial charge on any atom is -0.454 e. The zero-order chi connectivity index (χ0) is 15.5. The zero-order valence-corrected chi connectivity index (χ0v) is 13.3. The van der Waals surface area contributed by atoms with Crippen LogP contribution < -0.4 is 18.9 Å². The Hall–Kier alpha value is -2.07. The third-order valence-corrected chi connectivity index (χ3v) is 3.79. The number of halogens is 1. The van der Waals surface area contributed by atoms with E-state index in [-0.39, 0.29) is 0 Å². The molecular formula is C17H17ClO4. The smallest absolute Gasteiger partial charge is 0.231 e. The van der Waals surface area contributed by atoms with Crippen LogP contribution in [0.3, 0.4) is 0 Å². The van der Waals surface area contributed by atoms with Gasteiger partial charge in [-0.05, 0) is 54.8 Å². The Morgan fingerprint density at radius 1 is 0.818 bits per heavy atom. The second kappa shape index (κ2) is 6.36. The van der Waals surface area contributed by atoms with Gasteiger partial charge in [0.25, 0.3) is 0 Å². The van der Waals surface area contributed by atoms with Crippen molar-refractivity contribution in [3.63, 3.8) is 0 Å². The molecule has 2 heterocycles. The van der Waals surface area contributed by atoms with Crippen LogP contribution in [0.5, 0.6) is 23.0 Å². The van der Waals surface area contributed by atoms with Gasteiger partial charge in [0, 0.05) is 5.88 Å². The zero-order valence-electron chi connectivity index (χ0n) is 12.5. The van der Waals surface area contributed by atoms with Crippen LogP contribution in [0.2, 0.25) is 0 Å². The number of aryl methyl sites for hydroxylation is 2. The summed E-state index contributed by atoms with van der Waals surface area (Å²) in [6, 6.07) is 9.80. The van der Waals surface area contributed by atoms with Gasteiger partial charge in [0.05, 0.1) is 0 Å². The van der Waals surface area contributed by atoms with Crippen LogP contribution in [-0.2, 0) is 5.88 Å². The first kappa shape index (κ1) is 14.9. The first-order valence-electron chi connectivity index (χ1n) is 6.98. The molecule has 2 aliphatic heterocycles. The van der Waals surface area contributed by atoms with Gasteiger partial charge < -0.3 is 18.9 Å². The van der Waals surface area contributed by atoms with Gasteiger partial charge in [-0.25, -0.2) is 0 Å². The Labute approximate surface area is 134 Å². The second-order valence-corrected chi connectivity index (χ2v) is 5.39. The first-order chi connectivity index (χ1) is 10.7. The van der Waals surface area contributed by atoms with Gasteiger partial charge in [-0.1, -0.05) is 6.07 Å². The van der Waals surface area contributed by atoms with Gasteiger partial charge in [0.1, 0.15) is 0 Å². The lowest BCUT2D eigenvalue weighted by molar-refractivity contribution is 0.173. The lowest BCUT2D eigenvalue weighted by Gasteiger charge is -2.03. The summed E-state index contributed by atoms with van der Waals surface area (Å²) in [5.74, 6) is 3.85. The summed E-state index contributed by atoms with van der Waals surface area (Å²) in [6.45, 7) is 4.72. The van der Waals surface area contributed by atoms with E-state index in [1.54, 1.807) is 0 Å². The minimum absolute atomic E-state index is 0.320. The number of fused-ring (bicyclic) bond motifs is 2. The Bertz CT molecular complexity index is 684. The molecule has 0 N–H and O–H groups in total. The highest BCUT2D eigenvalue weighted by molar-refractivity contribution is 6.17. The predicted octanol–water partition coefficient (Wildman–Crippen LogP) is 4.19. The second-order valence-electron chi connectivity index (χ2n) is 5.12. The average molecular weight is 321 g/mol. The highest BCUT2D eigenvalue weighted by Crippen LogP contribution is 2.35.